The lowest BCUT2D eigenvalue weighted by atomic mass is 10.2. The molecule has 0 aliphatic rings. The topological polar surface area (TPSA) is 61.8 Å². The molecular formula is C14H18O5. The molecule has 1 rings (SSSR count). The van der Waals surface area contributed by atoms with Gasteiger partial charge in [-0.2, -0.15) is 0 Å². The number of carbonyl (C=O) groups is 2. The minimum Gasteiger partial charge on any atom is -0.462 e. The maximum absolute atomic E-state index is 11.5. The van der Waals surface area contributed by atoms with Crippen LogP contribution in [-0.4, -0.2) is 24.3 Å². The second-order valence-electron chi connectivity index (χ2n) is 4.81. The van der Waals surface area contributed by atoms with Crippen molar-refractivity contribution in [2.24, 2.45) is 0 Å². The van der Waals surface area contributed by atoms with Gasteiger partial charge in [-0.1, -0.05) is 6.07 Å². The maximum Gasteiger partial charge on any atom is 0.514 e. The van der Waals surface area contributed by atoms with Gasteiger partial charge in [0.1, 0.15) is 11.4 Å². The molecule has 0 unspecified atom stereocenters. The van der Waals surface area contributed by atoms with Gasteiger partial charge in [-0.05, 0) is 45.9 Å². The van der Waals surface area contributed by atoms with E-state index in [1.54, 1.807) is 45.9 Å². The Balaban J connectivity index is 2.72. The van der Waals surface area contributed by atoms with Gasteiger partial charge in [-0.3, -0.25) is 0 Å². The summed E-state index contributed by atoms with van der Waals surface area (Å²) in [6, 6.07) is 6.18. The molecule has 0 bridgehead atoms. The molecule has 0 fully saturated rings. The fraction of sp³-hybridized carbons (Fsp3) is 0.429. The zero-order valence-electron chi connectivity index (χ0n) is 11.6. The number of ether oxygens (including phenoxy) is 3. The van der Waals surface area contributed by atoms with Gasteiger partial charge in [0.05, 0.1) is 12.2 Å². The molecule has 5 nitrogen and oxygen atoms in total. The first-order chi connectivity index (χ1) is 8.81. The van der Waals surface area contributed by atoms with Crippen molar-refractivity contribution in [3.63, 3.8) is 0 Å². The standard InChI is InChI=1S/C14H18O5/c1-5-17-12(15)10-7-6-8-11(9-10)18-13(16)19-14(2,3)4/h6-9H,5H2,1-4H3. The van der Waals surface area contributed by atoms with Crippen LogP contribution in [0.1, 0.15) is 38.1 Å². The van der Waals surface area contributed by atoms with Crippen LogP contribution in [0.25, 0.3) is 0 Å². The van der Waals surface area contributed by atoms with Gasteiger partial charge >= 0.3 is 12.1 Å². The molecule has 104 valence electrons. The molecule has 1 aromatic carbocycles. The third-order valence-electron chi connectivity index (χ3n) is 1.94. The lowest BCUT2D eigenvalue weighted by molar-refractivity contribution is 0.0204. The Morgan fingerprint density at radius 3 is 2.47 bits per heavy atom. The van der Waals surface area contributed by atoms with E-state index in [1.807, 2.05) is 0 Å². The van der Waals surface area contributed by atoms with Crippen LogP contribution in [0.4, 0.5) is 4.79 Å². The summed E-state index contributed by atoms with van der Waals surface area (Å²) >= 11 is 0. The van der Waals surface area contributed by atoms with Crippen molar-refractivity contribution in [3.05, 3.63) is 29.8 Å². The van der Waals surface area contributed by atoms with E-state index >= 15 is 0 Å². The van der Waals surface area contributed by atoms with Crippen molar-refractivity contribution in [3.8, 4) is 5.75 Å². The van der Waals surface area contributed by atoms with Crippen molar-refractivity contribution in [2.45, 2.75) is 33.3 Å². The Morgan fingerprint density at radius 2 is 1.89 bits per heavy atom. The summed E-state index contributed by atoms with van der Waals surface area (Å²) in [7, 11) is 0. The molecule has 0 N–H and O–H groups in total. The first-order valence-corrected chi connectivity index (χ1v) is 6.00. The largest absolute Gasteiger partial charge is 0.514 e. The summed E-state index contributed by atoms with van der Waals surface area (Å²) in [5.74, 6) is -0.225. The molecule has 0 amide bonds. The predicted molar refractivity (Wildman–Crippen MR) is 69.3 cm³/mol. The minimum absolute atomic E-state index is 0.236. The third-order valence-corrected chi connectivity index (χ3v) is 1.94. The number of hydrogen-bond acceptors (Lipinski definition) is 5. The monoisotopic (exact) mass is 266 g/mol. The highest BCUT2D eigenvalue weighted by Crippen LogP contribution is 2.16. The molecule has 0 heterocycles. The van der Waals surface area contributed by atoms with E-state index in [0.29, 0.717) is 5.56 Å². The summed E-state index contributed by atoms with van der Waals surface area (Å²) in [6.07, 6.45) is -0.812. The first-order valence-electron chi connectivity index (χ1n) is 6.00. The highest BCUT2D eigenvalue weighted by atomic mass is 16.7. The normalized spacial score (nSPS) is 10.7. The molecular weight excluding hydrogens is 248 g/mol. The molecule has 0 aliphatic carbocycles. The van der Waals surface area contributed by atoms with Crippen molar-refractivity contribution in [1.29, 1.82) is 0 Å². The SMILES string of the molecule is CCOC(=O)c1cccc(OC(=O)OC(C)(C)C)c1. The zero-order valence-corrected chi connectivity index (χ0v) is 11.6. The van der Waals surface area contributed by atoms with E-state index in [4.69, 9.17) is 14.2 Å². The molecule has 0 aromatic heterocycles. The number of benzene rings is 1. The summed E-state index contributed by atoms with van der Waals surface area (Å²) in [5.41, 5.74) is -0.307. The predicted octanol–water partition coefficient (Wildman–Crippen LogP) is 3.18. The Labute approximate surface area is 112 Å². The van der Waals surface area contributed by atoms with Crippen molar-refractivity contribution in [2.75, 3.05) is 6.61 Å². The Morgan fingerprint density at radius 1 is 1.21 bits per heavy atom. The second kappa shape index (κ2) is 6.22. The molecule has 0 spiro atoms. The molecule has 0 atom stereocenters. The van der Waals surface area contributed by atoms with Crippen LogP contribution in [0.3, 0.4) is 0 Å². The van der Waals surface area contributed by atoms with Crippen LogP contribution in [0, 0.1) is 0 Å². The molecule has 0 aliphatic heterocycles. The molecule has 19 heavy (non-hydrogen) atoms. The molecule has 0 saturated heterocycles. The first kappa shape index (κ1) is 15.0. The summed E-state index contributed by atoms with van der Waals surface area (Å²) in [6.45, 7) is 7.23. The number of hydrogen-bond donors (Lipinski definition) is 0. The van der Waals surface area contributed by atoms with Crippen LogP contribution >= 0.6 is 0 Å². The van der Waals surface area contributed by atoms with Crippen molar-refractivity contribution in [1.82, 2.24) is 0 Å². The smallest absolute Gasteiger partial charge is 0.462 e. The van der Waals surface area contributed by atoms with Crippen LogP contribution < -0.4 is 4.74 Å². The molecule has 5 heteroatoms. The average molecular weight is 266 g/mol. The number of rotatable bonds is 3. The molecule has 0 radical (unpaired) electrons. The Kier molecular flexibility index (Phi) is 4.92. The summed E-state index contributed by atoms with van der Waals surface area (Å²) < 4.78 is 14.9. The highest BCUT2D eigenvalue weighted by molar-refractivity contribution is 5.90. The van der Waals surface area contributed by atoms with Gasteiger partial charge in [-0.15, -0.1) is 0 Å². The zero-order chi connectivity index (χ0) is 14.5. The van der Waals surface area contributed by atoms with Gasteiger partial charge in [0.15, 0.2) is 0 Å². The van der Waals surface area contributed by atoms with Gasteiger partial charge in [-0.25, -0.2) is 9.59 Å². The van der Waals surface area contributed by atoms with Gasteiger partial charge in [0.25, 0.3) is 0 Å². The fourth-order valence-electron chi connectivity index (χ4n) is 1.27. The Hall–Kier alpha value is -2.04. The number of esters is 1. The Bertz CT molecular complexity index is 459. The van der Waals surface area contributed by atoms with E-state index in [1.165, 1.54) is 6.07 Å². The van der Waals surface area contributed by atoms with Gasteiger partial charge in [0.2, 0.25) is 0 Å². The van der Waals surface area contributed by atoms with Crippen LogP contribution in [0.15, 0.2) is 24.3 Å². The lowest BCUT2D eigenvalue weighted by Gasteiger charge is -2.18. The van der Waals surface area contributed by atoms with E-state index in [9.17, 15) is 9.59 Å². The fourth-order valence-corrected chi connectivity index (χ4v) is 1.27. The quantitative estimate of drug-likeness (QED) is 0.621. The van der Waals surface area contributed by atoms with E-state index < -0.39 is 17.7 Å². The van der Waals surface area contributed by atoms with Crippen LogP contribution in [-0.2, 0) is 9.47 Å². The lowest BCUT2D eigenvalue weighted by Crippen LogP contribution is -2.26. The van der Waals surface area contributed by atoms with Gasteiger partial charge in [0, 0.05) is 0 Å². The number of carbonyl (C=O) groups excluding carboxylic acids is 2. The van der Waals surface area contributed by atoms with Crippen LogP contribution in [0.5, 0.6) is 5.75 Å². The van der Waals surface area contributed by atoms with Crippen LogP contribution in [0.2, 0.25) is 0 Å². The molecule has 1 aromatic rings. The van der Waals surface area contributed by atoms with Gasteiger partial charge < -0.3 is 14.2 Å². The highest BCUT2D eigenvalue weighted by Gasteiger charge is 2.18. The minimum atomic E-state index is -0.812. The third kappa shape index (κ3) is 5.42. The van der Waals surface area contributed by atoms with Crippen molar-refractivity contribution >= 4 is 12.1 Å². The average Bonchev–Trinajstić information content (AvgIpc) is 2.27. The summed E-state index contributed by atoms with van der Waals surface area (Å²) in [4.78, 5) is 23.0. The maximum atomic E-state index is 11.5. The van der Waals surface area contributed by atoms with E-state index in [0.717, 1.165) is 0 Å². The second-order valence-corrected chi connectivity index (χ2v) is 4.81. The van der Waals surface area contributed by atoms with Crippen molar-refractivity contribution < 1.29 is 23.8 Å². The summed E-state index contributed by atoms with van der Waals surface area (Å²) in [5, 5.41) is 0. The van der Waals surface area contributed by atoms with E-state index in [-0.39, 0.29) is 12.4 Å². The molecule has 0 saturated carbocycles. The van der Waals surface area contributed by atoms with E-state index in [2.05, 4.69) is 0 Å².